The summed E-state index contributed by atoms with van der Waals surface area (Å²) in [7, 11) is 1.60. The van der Waals surface area contributed by atoms with Crippen LogP contribution >= 0.6 is 31.9 Å². The van der Waals surface area contributed by atoms with Gasteiger partial charge < -0.3 is 14.8 Å². The van der Waals surface area contributed by atoms with Gasteiger partial charge in [0, 0.05) is 6.54 Å². The van der Waals surface area contributed by atoms with Crippen molar-refractivity contribution in [1.29, 1.82) is 5.26 Å². The molecule has 0 atom stereocenters. The fourth-order valence-electron chi connectivity index (χ4n) is 3.09. The summed E-state index contributed by atoms with van der Waals surface area (Å²) in [5.41, 5.74) is 3.84. The van der Waals surface area contributed by atoms with Crippen LogP contribution in [0, 0.1) is 18.3 Å². The monoisotopic (exact) mass is 568 g/mol. The van der Waals surface area contributed by atoms with Crippen LogP contribution in [0.15, 0.2) is 75.2 Å². The lowest BCUT2D eigenvalue weighted by Gasteiger charge is -2.12. The topological polar surface area (TPSA) is 71.3 Å². The van der Waals surface area contributed by atoms with Crippen LogP contribution in [0.5, 0.6) is 11.5 Å². The standard InChI is InChI=1S/C26H22Br2N2O3/c1-17-4-3-5-19(10-17)16-33-25-23(27)12-20(13-24(25)28)11-21(14-29)26(31)30-15-18-6-8-22(32-2)9-7-18/h3-13H,15-16H2,1-2H3,(H,30,31)/b21-11-. The zero-order chi connectivity index (χ0) is 23.8. The number of amides is 1. The zero-order valence-corrected chi connectivity index (χ0v) is 21.4. The van der Waals surface area contributed by atoms with E-state index in [1.807, 2.05) is 67.6 Å². The second kappa shape index (κ2) is 11.7. The Balaban J connectivity index is 1.69. The van der Waals surface area contributed by atoms with Gasteiger partial charge in [-0.15, -0.1) is 0 Å². The summed E-state index contributed by atoms with van der Waals surface area (Å²) < 4.78 is 12.5. The second-order valence-electron chi connectivity index (χ2n) is 7.29. The van der Waals surface area contributed by atoms with Crippen LogP contribution in [-0.2, 0) is 17.9 Å². The van der Waals surface area contributed by atoms with Crippen LogP contribution in [0.4, 0.5) is 0 Å². The molecule has 168 valence electrons. The van der Waals surface area contributed by atoms with Gasteiger partial charge in [0.05, 0.1) is 16.1 Å². The maximum absolute atomic E-state index is 12.5. The predicted molar refractivity (Wildman–Crippen MR) is 136 cm³/mol. The highest BCUT2D eigenvalue weighted by Gasteiger charge is 2.13. The van der Waals surface area contributed by atoms with Gasteiger partial charge in [-0.05, 0) is 85.8 Å². The highest BCUT2D eigenvalue weighted by Crippen LogP contribution is 2.36. The molecule has 3 rings (SSSR count). The Labute approximate surface area is 210 Å². The lowest BCUT2D eigenvalue weighted by molar-refractivity contribution is -0.117. The Morgan fingerprint density at radius 2 is 1.76 bits per heavy atom. The number of methoxy groups -OCH3 is 1. The molecule has 5 nitrogen and oxygen atoms in total. The first kappa shape index (κ1) is 24.6. The minimum absolute atomic E-state index is 0.00995. The van der Waals surface area contributed by atoms with Crippen molar-refractivity contribution in [2.75, 3.05) is 7.11 Å². The van der Waals surface area contributed by atoms with Gasteiger partial charge in [-0.1, -0.05) is 42.0 Å². The molecule has 33 heavy (non-hydrogen) atoms. The van der Waals surface area contributed by atoms with E-state index in [0.29, 0.717) is 33.4 Å². The van der Waals surface area contributed by atoms with Crippen LogP contribution in [0.3, 0.4) is 0 Å². The minimum Gasteiger partial charge on any atom is -0.497 e. The van der Waals surface area contributed by atoms with Gasteiger partial charge in [0.15, 0.2) is 0 Å². The normalized spacial score (nSPS) is 10.9. The summed E-state index contributed by atoms with van der Waals surface area (Å²) in [6, 6.07) is 21.1. The van der Waals surface area contributed by atoms with E-state index < -0.39 is 5.91 Å². The Kier molecular flexibility index (Phi) is 8.70. The quantitative estimate of drug-likeness (QED) is 0.254. The SMILES string of the molecule is COc1ccc(CNC(=O)/C(C#N)=C\c2cc(Br)c(OCc3cccc(C)c3)c(Br)c2)cc1. The minimum atomic E-state index is -0.444. The van der Waals surface area contributed by atoms with Crippen molar-refractivity contribution < 1.29 is 14.3 Å². The van der Waals surface area contributed by atoms with Crippen LogP contribution in [-0.4, -0.2) is 13.0 Å². The van der Waals surface area contributed by atoms with Crippen LogP contribution in [0.25, 0.3) is 6.08 Å². The molecule has 7 heteroatoms. The molecule has 0 aliphatic carbocycles. The van der Waals surface area contributed by atoms with Gasteiger partial charge in [0.25, 0.3) is 5.91 Å². The first-order valence-electron chi connectivity index (χ1n) is 10.1. The van der Waals surface area contributed by atoms with E-state index in [9.17, 15) is 10.1 Å². The number of nitrogens with one attached hydrogen (secondary N) is 1. The molecule has 0 radical (unpaired) electrons. The van der Waals surface area contributed by atoms with Gasteiger partial charge in [-0.3, -0.25) is 4.79 Å². The van der Waals surface area contributed by atoms with Gasteiger partial charge in [-0.25, -0.2) is 0 Å². The molecule has 1 N–H and O–H groups in total. The van der Waals surface area contributed by atoms with Crippen molar-refractivity contribution >= 4 is 43.8 Å². The molecule has 0 unspecified atom stereocenters. The second-order valence-corrected chi connectivity index (χ2v) is 9.00. The van der Waals surface area contributed by atoms with Gasteiger partial charge in [-0.2, -0.15) is 5.26 Å². The lowest BCUT2D eigenvalue weighted by atomic mass is 10.1. The largest absolute Gasteiger partial charge is 0.497 e. The molecule has 0 saturated heterocycles. The van der Waals surface area contributed by atoms with E-state index in [1.54, 1.807) is 13.2 Å². The van der Waals surface area contributed by atoms with E-state index in [1.165, 1.54) is 5.56 Å². The number of hydrogen-bond acceptors (Lipinski definition) is 4. The molecule has 0 aliphatic heterocycles. The average molecular weight is 570 g/mol. The number of nitriles is 1. The third-order valence-corrected chi connectivity index (χ3v) is 5.95. The van der Waals surface area contributed by atoms with Crippen molar-refractivity contribution in [1.82, 2.24) is 5.32 Å². The zero-order valence-electron chi connectivity index (χ0n) is 18.2. The van der Waals surface area contributed by atoms with Gasteiger partial charge >= 0.3 is 0 Å². The molecule has 0 aromatic heterocycles. The third kappa shape index (κ3) is 6.95. The number of ether oxygens (including phenoxy) is 2. The number of carbonyl (C=O) groups excluding carboxylic acids is 1. The molecule has 1 amide bonds. The third-order valence-electron chi connectivity index (χ3n) is 4.77. The molecule has 3 aromatic carbocycles. The summed E-state index contributed by atoms with van der Waals surface area (Å²) in [4.78, 5) is 12.5. The average Bonchev–Trinajstić information content (AvgIpc) is 2.81. The molecule has 0 fully saturated rings. The molecule has 0 aliphatic rings. The molecular formula is C26H22Br2N2O3. The molecular weight excluding hydrogens is 548 g/mol. The smallest absolute Gasteiger partial charge is 0.262 e. The maximum Gasteiger partial charge on any atom is 0.262 e. The first-order chi connectivity index (χ1) is 15.9. The van der Waals surface area contributed by atoms with E-state index in [2.05, 4.69) is 43.2 Å². The summed E-state index contributed by atoms with van der Waals surface area (Å²) in [5.74, 6) is 0.946. The Bertz CT molecular complexity index is 1190. The van der Waals surface area contributed by atoms with Crippen molar-refractivity contribution in [2.24, 2.45) is 0 Å². The molecule has 0 saturated carbocycles. The van der Waals surface area contributed by atoms with E-state index in [-0.39, 0.29) is 5.57 Å². The maximum atomic E-state index is 12.5. The molecule has 0 spiro atoms. The molecule has 3 aromatic rings. The summed E-state index contributed by atoms with van der Waals surface area (Å²) >= 11 is 7.06. The first-order valence-corrected chi connectivity index (χ1v) is 11.7. The van der Waals surface area contributed by atoms with Crippen molar-refractivity contribution in [3.8, 4) is 17.6 Å². The Morgan fingerprint density at radius 1 is 1.06 bits per heavy atom. The summed E-state index contributed by atoms with van der Waals surface area (Å²) in [6.07, 6.45) is 1.54. The van der Waals surface area contributed by atoms with Gasteiger partial charge in [0.2, 0.25) is 0 Å². The fourth-order valence-corrected chi connectivity index (χ4v) is 4.55. The molecule has 0 bridgehead atoms. The summed E-state index contributed by atoms with van der Waals surface area (Å²) in [6.45, 7) is 2.77. The van der Waals surface area contributed by atoms with Crippen LogP contribution in [0.2, 0.25) is 0 Å². The lowest BCUT2D eigenvalue weighted by Crippen LogP contribution is -2.23. The van der Waals surface area contributed by atoms with Crippen LogP contribution in [0.1, 0.15) is 22.3 Å². The van der Waals surface area contributed by atoms with Crippen molar-refractivity contribution in [3.63, 3.8) is 0 Å². The number of carbonyl (C=O) groups is 1. The highest BCUT2D eigenvalue weighted by atomic mass is 79.9. The number of aryl methyl sites for hydroxylation is 1. The van der Waals surface area contributed by atoms with E-state index >= 15 is 0 Å². The van der Waals surface area contributed by atoms with Gasteiger partial charge in [0.1, 0.15) is 29.7 Å². The number of hydrogen-bond donors (Lipinski definition) is 1. The van der Waals surface area contributed by atoms with Crippen LogP contribution < -0.4 is 14.8 Å². The van der Waals surface area contributed by atoms with Crippen molar-refractivity contribution in [2.45, 2.75) is 20.1 Å². The number of halogens is 2. The van der Waals surface area contributed by atoms with E-state index in [4.69, 9.17) is 9.47 Å². The highest BCUT2D eigenvalue weighted by molar-refractivity contribution is 9.11. The van der Waals surface area contributed by atoms with Crippen molar-refractivity contribution in [3.05, 3.63) is 97.4 Å². The van der Waals surface area contributed by atoms with E-state index in [0.717, 1.165) is 16.9 Å². The Hall–Kier alpha value is -3.08. The fraction of sp³-hybridized carbons (Fsp3) is 0.154. The predicted octanol–water partition coefficient (Wildman–Crippen LogP) is 6.33. The number of benzene rings is 3. The number of nitrogens with zero attached hydrogens (tertiary/aromatic N) is 1. The number of rotatable bonds is 8. The molecule has 0 heterocycles. The summed E-state index contributed by atoms with van der Waals surface area (Å²) in [5, 5.41) is 12.3. The Morgan fingerprint density at radius 3 is 2.36 bits per heavy atom.